The average Bonchev–Trinajstić information content (AvgIpc) is 3.44. The molecule has 0 spiro atoms. The van der Waals surface area contributed by atoms with Gasteiger partial charge < -0.3 is 15.5 Å². The van der Waals surface area contributed by atoms with Gasteiger partial charge in [0.15, 0.2) is 0 Å². The van der Waals surface area contributed by atoms with E-state index in [9.17, 15) is 9.59 Å². The highest BCUT2D eigenvalue weighted by molar-refractivity contribution is 7.14. The van der Waals surface area contributed by atoms with E-state index in [2.05, 4.69) is 26.9 Å². The number of hydrogen-bond acceptors (Lipinski definition) is 6. The van der Waals surface area contributed by atoms with E-state index in [0.29, 0.717) is 12.5 Å². The lowest BCUT2D eigenvalue weighted by Gasteiger charge is -2.35. The third-order valence-corrected chi connectivity index (χ3v) is 7.49. The van der Waals surface area contributed by atoms with Crippen molar-refractivity contribution < 1.29 is 9.59 Å². The monoisotopic (exact) mass is 441 g/mol. The Kier molecular flexibility index (Phi) is 6.12. The Hall–Kier alpha value is -2.32. The van der Waals surface area contributed by atoms with Crippen molar-refractivity contribution in [2.45, 2.75) is 51.5 Å². The Labute approximate surface area is 187 Å². The number of aromatic nitrogens is 2. The molecule has 0 aromatic carbocycles. The van der Waals surface area contributed by atoms with Crippen LogP contribution in [0.1, 0.15) is 66.2 Å². The van der Waals surface area contributed by atoms with Gasteiger partial charge in [0.1, 0.15) is 0 Å². The Morgan fingerprint density at radius 1 is 1.23 bits per heavy atom. The van der Waals surface area contributed by atoms with Crippen molar-refractivity contribution in [2.24, 2.45) is 5.41 Å². The van der Waals surface area contributed by atoms with Crippen LogP contribution in [0.5, 0.6) is 0 Å². The summed E-state index contributed by atoms with van der Waals surface area (Å²) >= 11 is 1.57. The molecule has 2 amide bonds. The number of piperidine rings is 1. The van der Waals surface area contributed by atoms with E-state index in [0.717, 1.165) is 49.5 Å². The molecular weight excluding hydrogens is 410 g/mol. The first kappa shape index (κ1) is 21.9. The van der Waals surface area contributed by atoms with Crippen molar-refractivity contribution in [3.8, 4) is 0 Å². The van der Waals surface area contributed by atoms with Crippen LogP contribution >= 0.6 is 11.3 Å². The Morgan fingerprint density at radius 2 is 2.00 bits per heavy atom. The Morgan fingerprint density at radius 3 is 2.61 bits per heavy atom. The molecule has 4 rings (SSSR count). The summed E-state index contributed by atoms with van der Waals surface area (Å²) in [5.41, 5.74) is -0.0652. The highest BCUT2D eigenvalue weighted by Gasteiger charge is 2.39. The number of rotatable bonds is 4. The van der Waals surface area contributed by atoms with Crippen molar-refractivity contribution in [1.29, 1.82) is 0 Å². The molecule has 0 saturated carbocycles. The second-order valence-corrected chi connectivity index (χ2v) is 10.7. The molecule has 7 nitrogen and oxygen atoms in total. The van der Waals surface area contributed by atoms with Gasteiger partial charge in [0, 0.05) is 36.1 Å². The fourth-order valence-electron chi connectivity index (χ4n) is 4.45. The quantitative estimate of drug-likeness (QED) is 0.762. The molecule has 1 atom stereocenters. The first-order chi connectivity index (χ1) is 14.8. The molecule has 2 N–H and O–H groups in total. The first-order valence-corrected chi connectivity index (χ1v) is 11.8. The number of thiophene rings is 1. The molecule has 2 aromatic rings. The smallest absolute Gasteiger partial charge is 0.262 e. The molecule has 0 radical (unpaired) electrons. The summed E-state index contributed by atoms with van der Waals surface area (Å²) in [4.78, 5) is 29.6. The minimum atomic E-state index is -0.520. The number of carbonyl (C=O) groups excluding carboxylic acids is 2. The first-order valence-electron chi connectivity index (χ1n) is 11.0. The van der Waals surface area contributed by atoms with Gasteiger partial charge >= 0.3 is 0 Å². The maximum Gasteiger partial charge on any atom is 0.262 e. The van der Waals surface area contributed by atoms with Gasteiger partial charge in [-0.25, -0.2) is 0 Å². The average molecular weight is 442 g/mol. The van der Waals surface area contributed by atoms with Crippen LogP contribution in [0.4, 0.5) is 0 Å². The predicted molar refractivity (Wildman–Crippen MR) is 121 cm³/mol. The van der Waals surface area contributed by atoms with Crippen molar-refractivity contribution in [3.05, 3.63) is 45.9 Å². The largest absolute Gasteiger partial charge is 0.342 e. The van der Waals surface area contributed by atoms with Crippen molar-refractivity contribution in [3.63, 3.8) is 0 Å². The number of nitrogens with one attached hydrogen (secondary N) is 2. The summed E-state index contributed by atoms with van der Waals surface area (Å²) < 4.78 is 0. The van der Waals surface area contributed by atoms with Gasteiger partial charge in [-0.1, -0.05) is 20.8 Å². The topological polar surface area (TPSA) is 87.2 Å². The molecule has 8 heteroatoms. The summed E-state index contributed by atoms with van der Waals surface area (Å²) in [7, 11) is 0. The molecule has 2 fully saturated rings. The fourth-order valence-corrected chi connectivity index (χ4v) is 5.52. The molecule has 4 heterocycles. The van der Waals surface area contributed by atoms with E-state index in [1.165, 1.54) is 4.88 Å². The minimum absolute atomic E-state index is 0.0639. The van der Waals surface area contributed by atoms with Crippen LogP contribution in [0.3, 0.4) is 0 Å². The molecule has 2 aromatic heterocycles. The van der Waals surface area contributed by atoms with Gasteiger partial charge in [-0.15, -0.1) is 11.3 Å². The fraction of sp³-hybridized carbons (Fsp3) is 0.565. The van der Waals surface area contributed by atoms with Crippen LogP contribution < -0.4 is 10.6 Å². The zero-order chi connectivity index (χ0) is 22.1. The highest BCUT2D eigenvalue weighted by Crippen LogP contribution is 2.35. The lowest BCUT2D eigenvalue weighted by atomic mass is 9.90. The molecule has 166 valence electrons. The van der Waals surface area contributed by atoms with Crippen molar-refractivity contribution in [2.75, 3.05) is 26.2 Å². The van der Waals surface area contributed by atoms with Gasteiger partial charge in [-0.05, 0) is 56.0 Å². The van der Waals surface area contributed by atoms with E-state index >= 15 is 0 Å². The standard InChI is InChI=1S/C23H31N5O2S/c1-22(2,3)21(30)28-13-8-16(9-14-28)17-6-7-18(31-17)20(29)26-23(10-12-24-15-23)19-5-4-11-25-27-19/h4-7,11,16,24H,8-10,12-15H2,1-3H3,(H,26,29)/t23-/m0/s1. The molecule has 2 aliphatic rings. The molecule has 0 bridgehead atoms. The van der Waals surface area contributed by atoms with E-state index < -0.39 is 5.54 Å². The zero-order valence-electron chi connectivity index (χ0n) is 18.5. The lowest BCUT2D eigenvalue weighted by molar-refractivity contribution is -0.140. The van der Waals surface area contributed by atoms with Crippen LogP contribution in [-0.4, -0.2) is 53.1 Å². The summed E-state index contributed by atoms with van der Waals surface area (Å²) in [5.74, 6) is 0.556. The summed E-state index contributed by atoms with van der Waals surface area (Å²) in [6, 6.07) is 7.78. The number of likely N-dealkylation sites (tertiary alicyclic amines) is 1. The molecular formula is C23H31N5O2S. The predicted octanol–water partition coefficient (Wildman–Crippen LogP) is 2.91. The van der Waals surface area contributed by atoms with Gasteiger partial charge in [0.2, 0.25) is 5.91 Å². The highest BCUT2D eigenvalue weighted by atomic mass is 32.1. The van der Waals surface area contributed by atoms with Gasteiger partial charge in [0.05, 0.1) is 16.1 Å². The Bertz CT molecular complexity index is 923. The zero-order valence-corrected chi connectivity index (χ0v) is 19.3. The summed E-state index contributed by atoms with van der Waals surface area (Å²) in [5, 5.41) is 14.8. The van der Waals surface area contributed by atoms with E-state index in [1.807, 2.05) is 43.9 Å². The normalized spacial score (nSPS) is 22.5. The maximum atomic E-state index is 13.1. The number of amides is 2. The van der Waals surface area contributed by atoms with Gasteiger partial charge in [-0.2, -0.15) is 10.2 Å². The minimum Gasteiger partial charge on any atom is -0.342 e. The van der Waals surface area contributed by atoms with Crippen molar-refractivity contribution >= 4 is 23.2 Å². The molecule has 2 saturated heterocycles. The van der Waals surface area contributed by atoms with Crippen LogP contribution in [0, 0.1) is 5.41 Å². The molecule has 0 aliphatic carbocycles. The summed E-state index contributed by atoms with van der Waals surface area (Å²) in [6.45, 7) is 8.95. The summed E-state index contributed by atoms with van der Waals surface area (Å²) in [6.07, 6.45) is 4.32. The van der Waals surface area contributed by atoms with E-state index in [-0.39, 0.29) is 17.2 Å². The number of hydrogen-bond donors (Lipinski definition) is 2. The van der Waals surface area contributed by atoms with Crippen molar-refractivity contribution in [1.82, 2.24) is 25.7 Å². The molecule has 31 heavy (non-hydrogen) atoms. The second-order valence-electron chi connectivity index (χ2n) is 9.59. The number of carbonyl (C=O) groups is 2. The third kappa shape index (κ3) is 4.65. The van der Waals surface area contributed by atoms with Crippen LogP contribution in [0.2, 0.25) is 0 Å². The van der Waals surface area contributed by atoms with Gasteiger partial charge in [-0.3, -0.25) is 9.59 Å². The number of nitrogens with zero attached hydrogens (tertiary/aromatic N) is 3. The maximum absolute atomic E-state index is 13.1. The Balaban J connectivity index is 1.41. The second kappa shape index (κ2) is 8.67. The van der Waals surface area contributed by atoms with Crippen LogP contribution in [-0.2, 0) is 10.3 Å². The molecule has 0 unspecified atom stereocenters. The van der Waals surface area contributed by atoms with E-state index in [1.54, 1.807) is 17.5 Å². The SMILES string of the molecule is CC(C)(C)C(=O)N1CCC(c2ccc(C(=O)N[C@@]3(c4cccnn4)CCNC3)s2)CC1. The van der Waals surface area contributed by atoms with Crippen LogP contribution in [0.15, 0.2) is 30.5 Å². The van der Waals surface area contributed by atoms with Gasteiger partial charge in [0.25, 0.3) is 5.91 Å². The molecule has 2 aliphatic heterocycles. The van der Waals surface area contributed by atoms with E-state index in [4.69, 9.17) is 0 Å². The van der Waals surface area contributed by atoms with Crippen LogP contribution in [0.25, 0.3) is 0 Å². The lowest BCUT2D eigenvalue weighted by Crippen LogP contribution is -2.48. The third-order valence-electron chi connectivity index (χ3n) is 6.25.